The lowest BCUT2D eigenvalue weighted by molar-refractivity contribution is -0.142. The van der Waals surface area contributed by atoms with Gasteiger partial charge in [-0.2, -0.15) is 0 Å². The van der Waals surface area contributed by atoms with E-state index in [2.05, 4.69) is 4.98 Å². The van der Waals surface area contributed by atoms with Gasteiger partial charge in [-0.25, -0.2) is 0 Å². The van der Waals surface area contributed by atoms with Crippen molar-refractivity contribution in [3.63, 3.8) is 0 Å². The number of nitrogens with one attached hydrogen (secondary N) is 1. The smallest absolute Gasteiger partial charge is 0.253 e. The highest BCUT2D eigenvalue weighted by Crippen LogP contribution is 2.19. The molecule has 1 amide bonds. The van der Waals surface area contributed by atoms with Crippen molar-refractivity contribution < 1.29 is 9.53 Å². The van der Waals surface area contributed by atoms with Crippen LogP contribution in [0.1, 0.15) is 29.5 Å². The zero-order valence-corrected chi connectivity index (χ0v) is 16.0. The van der Waals surface area contributed by atoms with Gasteiger partial charge in [-0.05, 0) is 48.4 Å². The summed E-state index contributed by atoms with van der Waals surface area (Å²) in [6, 6.07) is 17.7. The number of hydrogen-bond donors (Lipinski definition) is 1. The third-order valence-corrected chi connectivity index (χ3v) is 5.17. The highest BCUT2D eigenvalue weighted by Gasteiger charge is 2.29. The Balaban J connectivity index is 1.65. The molecule has 28 heavy (non-hydrogen) atoms. The maximum Gasteiger partial charge on any atom is 0.253 e. The van der Waals surface area contributed by atoms with Gasteiger partial charge >= 0.3 is 0 Å². The first kappa shape index (κ1) is 18.4. The summed E-state index contributed by atoms with van der Waals surface area (Å²) in [7, 11) is 0. The number of nitrogens with zero attached hydrogens (tertiary/aromatic N) is 1. The quantitative estimate of drug-likeness (QED) is 0.741. The van der Waals surface area contributed by atoms with Gasteiger partial charge in [0.25, 0.3) is 11.5 Å². The first-order valence-electron chi connectivity index (χ1n) is 9.67. The molecule has 144 valence electrons. The van der Waals surface area contributed by atoms with Gasteiger partial charge in [0.2, 0.25) is 0 Å². The van der Waals surface area contributed by atoms with E-state index in [4.69, 9.17) is 4.74 Å². The van der Waals surface area contributed by atoms with Gasteiger partial charge in [0.1, 0.15) is 6.10 Å². The lowest BCUT2D eigenvalue weighted by Gasteiger charge is -2.25. The molecular weight excluding hydrogens is 352 g/mol. The van der Waals surface area contributed by atoms with Crippen LogP contribution in [-0.4, -0.2) is 28.5 Å². The molecule has 3 aromatic rings. The van der Waals surface area contributed by atoms with Crippen molar-refractivity contribution in [3.05, 3.63) is 81.6 Å². The van der Waals surface area contributed by atoms with Gasteiger partial charge in [-0.3, -0.25) is 9.59 Å². The number of aromatic nitrogens is 1. The fourth-order valence-corrected chi connectivity index (χ4v) is 3.67. The minimum Gasteiger partial charge on any atom is -0.368 e. The molecule has 2 aromatic carbocycles. The Bertz CT molecular complexity index is 1040. The van der Waals surface area contributed by atoms with E-state index < -0.39 is 6.10 Å². The first-order valence-corrected chi connectivity index (χ1v) is 9.67. The summed E-state index contributed by atoms with van der Waals surface area (Å²) in [6.07, 6.45) is 1.22. The Labute approximate surface area is 163 Å². The topological polar surface area (TPSA) is 62.4 Å². The van der Waals surface area contributed by atoms with E-state index in [-0.39, 0.29) is 18.0 Å². The second-order valence-corrected chi connectivity index (χ2v) is 7.40. The van der Waals surface area contributed by atoms with Crippen LogP contribution in [0.15, 0.2) is 59.4 Å². The van der Waals surface area contributed by atoms with Gasteiger partial charge in [0, 0.05) is 24.2 Å². The molecule has 1 aromatic heterocycles. The fourth-order valence-electron chi connectivity index (χ4n) is 3.67. The zero-order chi connectivity index (χ0) is 19.5. The van der Waals surface area contributed by atoms with Crippen molar-refractivity contribution in [2.75, 3.05) is 6.61 Å². The van der Waals surface area contributed by atoms with Gasteiger partial charge in [0.05, 0.1) is 6.54 Å². The monoisotopic (exact) mass is 376 g/mol. The Morgan fingerprint density at radius 1 is 1.14 bits per heavy atom. The van der Waals surface area contributed by atoms with E-state index in [1.165, 1.54) is 0 Å². The Kier molecular flexibility index (Phi) is 5.26. The first-order chi connectivity index (χ1) is 13.6. The highest BCUT2D eigenvalue weighted by molar-refractivity contribution is 5.82. The Morgan fingerprint density at radius 2 is 1.96 bits per heavy atom. The number of aromatic amines is 1. The maximum atomic E-state index is 13.1. The molecule has 1 saturated heterocycles. The summed E-state index contributed by atoms with van der Waals surface area (Å²) < 4.78 is 5.61. The lowest BCUT2D eigenvalue weighted by Crippen LogP contribution is -2.39. The summed E-state index contributed by atoms with van der Waals surface area (Å²) in [4.78, 5) is 30.4. The van der Waals surface area contributed by atoms with Gasteiger partial charge in [0.15, 0.2) is 0 Å². The molecule has 0 radical (unpaired) electrons. The normalized spacial score (nSPS) is 16.4. The number of aryl methyl sites for hydroxylation is 1. The van der Waals surface area contributed by atoms with E-state index >= 15 is 0 Å². The SMILES string of the molecule is Cc1ccc2cc(CN(Cc3ccccc3)C(=O)[C@@H]3CCCO3)c(=O)[nH]c2c1. The molecule has 4 rings (SSSR count). The van der Waals surface area contributed by atoms with E-state index in [0.717, 1.165) is 34.9 Å². The zero-order valence-electron chi connectivity index (χ0n) is 16.0. The molecule has 1 aliphatic rings. The van der Waals surface area contributed by atoms with Crippen molar-refractivity contribution >= 4 is 16.8 Å². The van der Waals surface area contributed by atoms with Gasteiger partial charge < -0.3 is 14.6 Å². The van der Waals surface area contributed by atoms with Crippen LogP contribution in [0.25, 0.3) is 10.9 Å². The number of fused-ring (bicyclic) bond motifs is 1. The summed E-state index contributed by atoms with van der Waals surface area (Å²) in [5, 5.41) is 0.962. The van der Waals surface area contributed by atoms with E-state index in [0.29, 0.717) is 18.7 Å². The van der Waals surface area contributed by atoms with Gasteiger partial charge in [-0.1, -0.05) is 42.5 Å². The third kappa shape index (κ3) is 3.99. The van der Waals surface area contributed by atoms with Crippen LogP contribution in [0.4, 0.5) is 0 Å². The number of H-pyrrole nitrogens is 1. The number of hydrogen-bond acceptors (Lipinski definition) is 3. The lowest BCUT2D eigenvalue weighted by atomic mass is 10.1. The summed E-state index contributed by atoms with van der Waals surface area (Å²) in [5.74, 6) is -0.0512. The van der Waals surface area contributed by atoms with Gasteiger partial charge in [-0.15, -0.1) is 0 Å². The van der Waals surface area contributed by atoms with Crippen LogP contribution >= 0.6 is 0 Å². The molecule has 0 saturated carbocycles. The molecule has 1 aliphatic heterocycles. The molecule has 1 atom stereocenters. The number of rotatable bonds is 5. The van der Waals surface area contributed by atoms with Crippen molar-refractivity contribution in [3.8, 4) is 0 Å². The van der Waals surface area contributed by atoms with Crippen molar-refractivity contribution in [1.82, 2.24) is 9.88 Å². The molecule has 2 heterocycles. The Morgan fingerprint density at radius 3 is 2.71 bits per heavy atom. The predicted molar refractivity (Wildman–Crippen MR) is 109 cm³/mol. The molecule has 5 nitrogen and oxygen atoms in total. The molecule has 0 aliphatic carbocycles. The number of pyridine rings is 1. The van der Waals surface area contributed by atoms with E-state index in [1.807, 2.05) is 61.5 Å². The number of carbonyl (C=O) groups excluding carboxylic acids is 1. The summed E-state index contributed by atoms with van der Waals surface area (Å²) in [5.41, 5.74) is 3.36. The van der Waals surface area contributed by atoms with Crippen LogP contribution in [0.2, 0.25) is 0 Å². The molecule has 5 heteroatoms. The number of carbonyl (C=O) groups is 1. The second kappa shape index (κ2) is 7.98. The molecule has 1 N–H and O–H groups in total. The van der Waals surface area contributed by atoms with Crippen LogP contribution in [0.3, 0.4) is 0 Å². The minimum atomic E-state index is -0.411. The van der Waals surface area contributed by atoms with Crippen molar-refractivity contribution in [2.45, 2.75) is 39.0 Å². The largest absolute Gasteiger partial charge is 0.368 e. The van der Waals surface area contributed by atoms with Crippen LogP contribution in [0.5, 0.6) is 0 Å². The third-order valence-electron chi connectivity index (χ3n) is 5.17. The number of amides is 1. The minimum absolute atomic E-state index is 0.0512. The van der Waals surface area contributed by atoms with Crippen LogP contribution in [-0.2, 0) is 22.6 Å². The van der Waals surface area contributed by atoms with Crippen molar-refractivity contribution in [2.24, 2.45) is 0 Å². The van der Waals surface area contributed by atoms with E-state index in [9.17, 15) is 9.59 Å². The summed E-state index contributed by atoms with van der Waals surface area (Å²) in [6.45, 7) is 3.32. The fraction of sp³-hybridized carbons (Fsp3) is 0.304. The molecule has 0 unspecified atom stereocenters. The van der Waals surface area contributed by atoms with Crippen LogP contribution in [0, 0.1) is 6.92 Å². The van der Waals surface area contributed by atoms with Crippen molar-refractivity contribution in [1.29, 1.82) is 0 Å². The Hall–Kier alpha value is -2.92. The molecular formula is C23H24N2O3. The predicted octanol–water partition coefficient (Wildman–Crippen LogP) is 3.54. The molecule has 1 fully saturated rings. The standard InChI is InChI=1S/C23H24N2O3/c1-16-9-10-18-13-19(22(26)24-20(18)12-16)15-25(14-17-6-3-2-4-7-17)23(27)21-8-5-11-28-21/h2-4,6-7,9-10,12-13,21H,5,8,11,14-15H2,1H3,(H,24,26)/t21-/m0/s1. The average Bonchev–Trinajstić information content (AvgIpc) is 3.23. The number of ether oxygens (including phenoxy) is 1. The van der Waals surface area contributed by atoms with E-state index in [1.54, 1.807) is 4.90 Å². The average molecular weight is 376 g/mol. The highest BCUT2D eigenvalue weighted by atomic mass is 16.5. The second-order valence-electron chi connectivity index (χ2n) is 7.40. The molecule has 0 spiro atoms. The van der Waals surface area contributed by atoms with Crippen LogP contribution < -0.4 is 5.56 Å². The maximum absolute atomic E-state index is 13.1. The summed E-state index contributed by atoms with van der Waals surface area (Å²) >= 11 is 0. The number of benzene rings is 2. The molecule has 0 bridgehead atoms.